The number of nitrogens with zero attached hydrogens (tertiary/aromatic N) is 2. The van der Waals surface area contributed by atoms with Crippen molar-refractivity contribution in [2.24, 2.45) is 0 Å². The predicted molar refractivity (Wildman–Crippen MR) is 92.2 cm³/mol. The molecule has 1 aliphatic heterocycles. The number of benzene rings is 1. The smallest absolute Gasteiger partial charge is 0.251 e. The fourth-order valence-corrected chi connectivity index (χ4v) is 3.64. The lowest BCUT2D eigenvalue weighted by molar-refractivity contribution is 0.0331. The van der Waals surface area contributed by atoms with Gasteiger partial charge in [-0.15, -0.1) is 0 Å². The van der Waals surface area contributed by atoms with Gasteiger partial charge in [0.25, 0.3) is 5.91 Å². The fourth-order valence-electron chi connectivity index (χ4n) is 3.64. The Kier molecular flexibility index (Phi) is 5.18. The molecule has 1 atom stereocenters. The van der Waals surface area contributed by atoms with E-state index in [0.717, 1.165) is 48.3 Å². The van der Waals surface area contributed by atoms with Crippen molar-refractivity contribution in [3.05, 3.63) is 52.4 Å². The van der Waals surface area contributed by atoms with Crippen LogP contribution in [0.2, 0.25) is 0 Å². The summed E-state index contributed by atoms with van der Waals surface area (Å²) >= 11 is 0. The molecule has 6 nitrogen and oxygen atoms in total. The standard InChI is InChI=1S/C19H21F2N3O3/c20-13-7-12(8-14(21)9-13)19(25)22-15-1-2-18-16(10-15)17(23-27-18)11-24-3-5-26-6-4-24/h7-9,15H,1-6,10-11H2,(H,22,25). The number of ether oxygens (including phenoxy) is 1. The van der Waals surface area contributed by atoms with E-state index in [1.807, 2.05) is 0 Å². The van der Waals surface area contributed by atoms with E-state index < -0.39 is 17.5 Å². The van der Waals surface area contributed by atoms with Crippen LogP contribution in [0.25, 0.3) is 0 Å². The Morgan fingerprint density at radius 3 is 2.70 bits per heavy atom. The summed E-state index contributed by atoms with van der Waals surface area (Å²) in [4.78, 5) is 14.6. The number of morpholine rings is 1. The fraction of sp³-hybridized carbons (Fsp3) is 0.474. The second-order valence-corrected chi connectivity index (χ2v) is 6.99. The van der Waals surface area contributed by atoms with Crippen molar-refractivity contribution in [2.45, 2.75) is 31.8 Å². The Morgan fingerprint density at radius 2 is 1.96 bits per heavy atom. The molecule has 1 aromatic carbocycles. The molecule has 0 spiro atoms. The van der Waals surface area contributed by atoms with Crippen LogP contribution in [0.1, 0.15) is 33.8 Å². The van der Waals surface area contributed by atoms with Crippen molar-refractivity contribution >= 4 is 5.91 Å². The summed E-state index contributed by atoms with van der Waals surface area (Å²) in [6.07, 6.45) is 1.97. The molecular weight excluding hydrogens is 356 g/mol. The molecule has 1 aromatic heterocycles. The van der Waals surface area contributed by atoms with Crippen LogP contribution in [0.4, 0.5) is 8.78 Å². The summed E-state index contributed by atoms with van der Waals surface area (Å²) in [5.41, 5.74) is 1.91. The van der Waals surface area contributed by atoms with Crippen molar-refractivity contribution in [1.29, 1.82) is 0 Å². The zero-order chi connectivity index (χ0) is 18.8. The third-order valence-electron chi connectivity index (χ3n) is 5.06. The summed E-state index contributed by atoms with van der Waals surface area (Å²) < 4.78 is 37.5. The monoisotopic (exact) mass is 377 g/mol. The number of nitrogens with one attached hydrogen (secondary N) is 1. The van der Waals surface area contributed by atoms with Crippen molar-refractivity contribution in [3.8, 4) is 0 Å². The maximum Gasteiger partial charge on any atom is 0.251 e. The highest BCUT2D eigenvalue weighted by Gasteiger charge is 2.28. The number of amides is 1. The van der Waals surface area contributed by atoms with Gasteiger partial charge in [0.05, 0.1) is 13.2 Å². The zero-order valence-electron chi connectivity index (χ0n) is 14.8. The third kappa shape index (κ3) is 4.17. The molecular formula is C19H21F2N3O3. The largest absolute Gasteiger partial charge is 0.379 e. The number of halogens is 2. The first kappa shape index (κ1) is 18.1. The topological polar surface area (TPSA) is 67.6 Å². The van der Waals surface area contributed by atoms with Crippen LogP contribution in [0.15, 0.2) is 22.7 Å². The Morgan fingerprint density at radius 1 is 1.22 bits per heavy atom. The molecule has 2 aromatic rings. The number of carbonyl (C=O) groups excluding carboxylic acids is 1. The maximum absolute atomic E-state index is 13.3. The number of hydrogen-bond donors (Lipinski definition) is 1. The number of rotatable bonds is 4. The first-order valence-corrected chi connectivity index (χ1v) is 9.12. The van der Waals surface area contributed by atoms with Gasteiger partial charge in [-0.25, -0.2) is 8.78 Å². The third-order valence-corrected chi connectivity index (χ3v) is 5.06. The van der Waals surface area contributed by atoms with Crippen molar-refractivity contribution < 1.29 is 22.8 Å². The number of hydrogen-bond acceptors (Lipinski definition) is 5. The first-order chi connectivity index (χ1) is 13.1. The lowest BCUT2D eigenvalue weighted by atomic mass is 9.91. The summed E-state index contributed by atoms with van der Waals surface area (Å²) in [5, 5.41) is 7.09. The molecule has 1 saturated heterocycles. The minimum absolute atomic E-state index is 0.0165. The molecule has 1 N–H and O–H groups in total. The summed E-state index contributed by atoms with van der Waals surface area (Å²) in [7, 11) is 0. The Bertz CT molecular complexity index is 813. The molecule has 0 bridgehead atoms. The van der Waals surface area contributed by atoms with Gasteiger partial charge in [-0.3, -0.25) is 9.69 Å². The molecule has 1 amide bonds. The van der Waals surface area contributed by atoms with Crippen molar-refractivity contribution in [2.75, 3.05) is 26.3 Å². The van der Waals surface area contributed by atoms with E-state index in [2.05, 4.69) is 15.4 Å². The van der Waals surface area contributed by atoms with Gasteiger partial charge in [0.1, 0.15) is 23.1 Å². The van der Waals surface area contributed by atoms with E-state index in [-0.39, 0.29) is 11.6 Å². The van der Waals surface area contributed by atoms with Crippen LogP contribution < -0.4 is 5.32 Å². The average Bonchev–Trinajstić information content (AvgIpc) is 3.04. The maximum atomic E-state index is 13.3. The Balaban J connectivity index is 1.43. The van der Waals surface area contributed by atoms with Gasteiger partial charge < -0.3 is 14.6 Å². The summed E-state index contributed by atoms with van der Waals surface area (Å²) in [5.74, 6) is -1.15. The van der Waals surface area contributed by atoms with E-state index in [4.69, 9.17) is 9.26 Å². The van der Waals surface area contributed by atoms with Crippen LogP contribution in [-0.2, 0) is 24.1 Å². The van der Waals surface area contributed by atoms with E-state index in [0.29, 0.717) is 39.0 Å². The molecule has 2 heterocycles. The minimum Gasteiger partial charge on any atom is -0.379 e. The highest BCUT2D eigenvalue weighted by atomic mass is 19.1. The molecule has 1 fully saturated rings. The Hall–Kier alpha value is -2.32. The number of fused-ring (bicyclic) bond motifs is 1. The molecule has 8 heteroatoms. The number of aromatic nitrogens is 1. The van der Waals surface area contributed by atoms with Crippen molar-refractivity contribution in [3.63, 3.8) is 0 Å². The Labute approximate surface area is 155 Å². The van der Waals surface area contributed by atoms with Gasteiger partial charge in [0.15, 0.2) is 0 Å². The van der Waals surface area contributed by atoms with Crippen LogP contribution >= 0.6 is 0 Å². The SMILES string of the molecule is O=C(NC1CCc2onc(CN3CCOCC3)c2C1)c1cc(F)cc(F)c1. The summed E-state index contributed by atoms with van der Waals surface area (Å²) in [6, 6.07) is 2.70. The minimum atomic E-state index is -0.766. The zero-order valence-corrected chi connectivity index (χ0v) is 14.8. The van der Waals surface area contributed by atoms with Gasteiger partial charge in [-0.05, 0) is 25.0 Å². The quantitative estimate of drug-likeness (QED) is 0.884. The van der Waals surface area contributed by atoms with Gasteiger partial charge >= 0.3 is 0 Å². The molecule has 2 aliphatic rings. The molecule has 4 rings (SSSR count). The van der Waals surface area contributed by atoms with Crippen LogP contribution in [0.5, 0.6) is 0 Å². The lowest BCUT2D eigenvalue weighted by Gasteiger charge is -2.27. The van der Waals surface area contributed by atoms with Gasteiger partial charge in [0.2, 0.25) is 0 Å². The predicted octanol–water partition coefficient (Wildman–Crippen LogP) is 2.07. The van der Waals surface area contributed by atoms with Crippen LogP contribution in [0.3, 0.4) is 0 Å². The second kappa shape index (κ2) is 7.74. The number of aryl methyl sites for hydroxylation is 1. The van der Waals surface area contributed by atoms with E-state index >= 15 is 0 Å². The van der Waals surface area contributed by atoms with Crippen molar-refractivity contribution in [1.82, 2.24) is 15.4 Å². The van der Waals surface area contributed by atoms with Gasteiger partial charge in [0, 0.05) is 49.3 Å². The van der Waals surface area contributed by atoms with Crippen LogP contribution in [-0.4, -0.2) is 48.3 Å². The van der Waals surface area contributed by atoms with Crippen LogP contribution in [0, 0.1) is 11.6 Å². The molecule has 27 heavy (non-hydrogen) atoms. The summed E-state index contributed by atoms with van der Waals surface area (Å²) in [6.45, 7) is 3.82. The lowest BCUT2D eigenvalue weighted by Crippen LogP contribution is -2.39. The highest BCUT2D eigenvalue weighted by molar-refractivity contribution is 5.94. The normalized spacial score (nSPS) is 20.3. The number of carbonyl (C=O) groups is 1. The van der Waals surface area contributed by atoms with Gasteiger partial charge in [-0.2, -0.15) is 0 Å². The van der Waals surface area contributed by atoms with Gasteiger partial charge in [-0.1, -0.05) is 5.16 Å². The molecule has 1 unspecified atom stereocenters. The highest BCUT2D eigenvalue weighted by Crippen LogP contribution is 2.26. The molecule has 0 radical (unpaired) electrons. The van der Waals surface area contributed by atoms with E-state index in [1.165, 1.54) is 0 Å². The second-order valence-electron chi connectivity index (χ2n) is 6.99. The average molecular weight is 377 g/mol. The first-order valence-electron chi connectivity index (χ1n) is 9.12. The van der Waals surface area contributed by atoms with E-state index in [1.54, 1.807) is 0 Å². The molecule has 1 aliphatic carbocycles. The molecule has 144 valence electrons. The molecule has 0 saturated carbocycles. The van der Waals surface area contributed by atoms with E-state index in [9.17, 15) is 13.6 Å².